The molecule has 0 fully saturated rings. The van der Waals surface area contributed by atoms with Gasteiger partial charge in [0.2, 0.25) is 0 Å². The van der Waals surface area contributed by atoms with Crippen LogP contribution >= 0.6 is 11.6 Å². The Morgan fingerprint density at radius 3 is 2.67 bits per heavy atom. The fourth-order valence-corrected chi connectivity index (χ4v) is 2.67. The number of Topliss-reactive ketones (excluding diaryl/α,β-unsaturated/α-hetero) is 2. The molecule has 0 spiro atoms. The van der Waals surface area contributed by atoms with Gasteiger partial charge in [0.15, 0.2) is 17.5 Å². The van der Waals surface area contributed by atoms with Crippen molar-refractivity contribution in [3.63, 3.8) is 0 Å². The van der Waals surface area contributed by atoms with Crippen LogP contribution < -0.4 is 0 Å². The molecule has 1 aromatic heterocycles. The van der Waals surface area contributed by atoms with Crippen LogP contribution in [0, 0.1) is 23.1 Å². The molecule has 3 aromatic rings. The SMILES string of the molecule is N#C[C@@H](C(=O)c1cccc(F)c1)C(=O)c1c[nH]c2cc(Cl)ccc12. The number of hydrogen-bond donors (Lipinski definition) is 1. The smallest absolute Gasteiger partial charge is 0.190 e. The van der Waals surface area contributed by atoms with Gasteiger partial charge in [-0.15, -0.1) is 0 Å². The van der Waals surface area contributed by atoms with Crippen LogP contribution in [0.15, 0.2) is 48.7 Å². The number of hydrogen-bond acceptors (Lipinski definition) is 3. The van der Waals surface area contributed by atoms with Crippen molar-refractivity contribution in [2.45, 2.75) is 0 Å². The zero-order chi connectivity index (χ0) is 17.3. The first-order chi connectivity index (χ1) is 11.5. The van der Waals surface area contributed by atoms with E-state index in [9.17, 15) is 19.2 Å². The number of nitrogens with zero attached hydrogens (tertiary/aromatic N) is 1. The van der Waals surface area contributed by atoms with Gasteiger partial charge in [-0.05, 0) is 24.3 Å². The molecule has 0 saturated carbocycles. The number of nitriles is 1. The maximum atomic E-state index is 13.3. The number of carbonyl (C=O) groups excluding carboxylic acids is 2. The monoisotopic (exact) mass is 340 g/mol. The first-order valence-electron chi connectivity index (χ1n) is 7.01. The number of fused-ring (bicyclic) bond motifs is 1. The Bertz CT molecular complexity index is 1000. The minimum atomic E-state index is -1.54. The zero-order valence-corrected chi connectivity index (χ0v) is 13.0. The summed E-state index contributed by atoms with van der Waals surface area (Å²) in [6, 6.07) is 11.5. The molecule has 0 saturated heterocycles. The van der Waals surface area contributed by atoms with Crippen molar-refractivity contribution in [2.24, 2.45) is 5.92 Å². The summed E-state index contributed by atoms with van der Waals surface area (Å²) in [6.07, 6.45) is 1.44. The molecule has 24 heavy (non-hydrogen) atoms. The van der Waals surface area contributed by atoms with Crippen molar-refractivity contribution in [2.75, 3.05) is 0 Å². The molecule has 1 heterocycles. The molecular formula is C18H10ClFN2O2. The molecule has 0 radical (unpaired) electrons. The average molecular weight is 341 g/mol. The summed E-state index contributed by atoms with van der Waals surface area (Å²) in [7, 11) is 0. The zero-order valence-electron chi connectivity index (χ0n) is 12.2. The van der Waals surface area contributed by atoms with Crippen LogP contribution in [0.25, 0.3) is 10.9 Å². The summed E-state index contributed by atoms with van der Waals surface area (Å²) in [6.45, 7) is 0. The summed E-state index contributed by atoms with van der Waals surface area (Å²) in [4.78, 5) is 27.9. The van der Waals surface area contributed by atoms with Gasteiger partial charge in [-0.1, -0.05) is 29.8 Å². The molecular weight excluding hydrogens is 331 g/mol. The van der Waals surface area contributed by atoms with E-state index >= 15 is 0 Å². The van der Waals surface area contributed by atoms with Crippen molar-refractivity contribution >= 4 is 34.1 Å². The number of halogens is 2. The molecule has 1 N–H and O–H groups in total. The van der Waals surface area contributed by atoms with Crippen LogP contribution in [0.4, 0.5) is 4.39 Å². The first-order valence-corrected chi connectivity index (χ1v) is 7.39. The van der Waals surface area contributed by atoms with E-state index in [1.54, 1.807) is 24.3 Å². The van der Waals surface area contributed by atoms with Crippen LogP contribution in [-0.2, 0) is 0 Å². The van der Waals surface area contributed by atoms with Gasteiger partial charge in [-0.3, -0.25) is 9.59 Å². The Labute approximate surface area is 141 Å². The topological polar surface area (TPSA) is 73.7 Å². The number of carbonyl (C=O) groups is 2. The predicted molar refractivity (Wildman–Crippen MR) is 87.5 cm³/mol. The molecule has 1 atom stereocenters. The molecule has 0 unspecified atom stereocenters. The lowest BCUT2D eigenvalue weighted by Gasteiger charge is -2.07. The molecule has 118 valence electrons. The number of aromatic nitrogens is 1. The normalized spacial score (nSPS) is 11.9. The molecule has 0 bridgehead atoms. The fraction of sp³-hybridized carbons (Fsp3) is 0.0556. The Hall–Kier alpha value is -2.97. The largest absolute Gasteiger partial charge is 0.360 e. The Balaban J connectivity index is 2.00. The van der Waals surface area contributed by atoms with Gasteiger partial charge in [0, 0.05) is 33.2 Å². The van der Waals surface area contributed by atoms with E-state index in [0.29, 0.717) is 15.9 Å². The van der Waals surface area contributed by atoms with Gasteiger partial charge in [0.1, 0.15) is 5.82 Å². The summed E-state index contributed by atoms with van der Waals surface area (Å²) in [5, 5.41) is 10.4. The second-order valence-electron chi connectivity index (χ2n) is 5.19. The van der Waals surface area contributed by atoms with Crippen molar-refractivity contribution in [3.05, 3.63) is 70.6 Å². The quantitative estimate of drug-likeness (QED) is 0.572. The van der Waals surface area contributed by atoms with Crippen LogP contribution in [0.1, 0.15) is 20.7 Å². The predicted octanol–water partition coefficient (Wildman–Crippen LogP) is 4.17. The molecule has 0 aliphatic rings. The second kappa shape index (κ2) is 6.26. The van der Waals surface area contributed by atoms with Crippen molar-refractivity contribution in [1.82, 2.24) is 4.98 Å². The molecule has 2 aromatic carbocycles. The third-order valence-corrected chi connectivity index (χ3v) is 3.91. The van der Waals surface area contributed by atoms with Crippen molar-refractivity contribution < 1.29 is 14.0 Å². The number of nitrogens with one attached hydrogen (secondary N) is 1. The average Bonchev–Trinajstić information content (AvgIpc) is 2.98. The maximum absolute atomic E-state index is 13.3. The molecule has 0 aliphatic carbocycles. The highest BCUT2D eigenvalue weighted by Crippen LogP contribution is 2.25. The van der Waals surface area contributed by atoms with E-state index < -0.39 is 23.3 Å². The van der Waals surface area contributed by atoms with E-state index in [1.807, 2.05) is 0 Å². The third-order valence-electron chi connectivity index (χ3n) is 3.67. The minimum Gasteiger partial charge on any atom is -0.360 e. The molecule has 0 aliphatic heterocycles. The molecule has 4 nitrogen and oxygen atoms in total. The Morgan fingerprint density at radius 1 is 1.17 bits per heavy atom. The highest BCUT2D eigenvalue weighted by atomic mass is 35.5. The summed E-state index contributed by atoms with van der Waals surface area (Å²) in [5.74, 6) is -3.51. The van der Waals surface area contributed by atoms with Gasteiger partial charge in [0.05, 0.1) is 6.07 Å². The fourth-order valence-electron chi connectivity index (χ4n) is 2.50. The lowest BCUT2D eigenvalue weighted by Crippen LogP contribution is -2.23. The van der Waals surface area contributed by atoms with Gasteiger partial charge >= 0.3 is 0 Å². The van der Waals surface area contributed by atoms with Crippen LogP contribution in [0.2, 0.25) is 5.02 Å². The lowest BCUT2D eigenvalue weighted by molar-refractivity contribution is 0.0846. The van der Waals surface area contributed by atoms with Gasteiger partial charge < -0.3 is 4.98 Å². The number of ketones is 2. The number of aromatic amines is 1. The van der Waals surface area contributed by atoms with Gasteiger partial charge in [-0.2, -0.15) is 5.26 Å². The second-order valence-corrected chi connectivity index (χ2v) is 5.63. The van der Waals surface area contributed by atoms with Gasteiger partial charge in [-0.25, -0.2) is 4.39 Å². The Morgan fingerprint density at radius 2 is 1.96 bits per heavy atom. The molecule has 3 rings (SSSR count). The molecule has 0 amide bonds. The summed E-state index contributed by atoms with van der Waals surface area (Å²) in [5.41, 5.74) is 0.830. The van der Waals surface area contributed by atoms with Crippen LogP contribution in [0.5, 0.6) is 0 Å². The highest BCUT2D eigenvalue weighted by molar-refractivity contribution is 6.31. The highest BCUT2D eigenvalue weighted by Gasteiger charge is 2.30. The first kappa shape index (κ1) is 15.9. The van der Waals surface area contributed by atoms with Crippen LogP contribution in [0.3, 0.4) is 0 Å². The van der Waals surface area contributed by atoms with Crippen molar-refractivity contribution in [3.8, 4) is 6.07 Å². The maximum Gasteiger partial charge on any atom is 0.190 e. The Kier molecular flexibility index (Phi) is 4.15. The number of benzene rings is 2. The van der Waals surface area contributed by atoms with E-state index in [2.05, 4.69) is 4.98 Å². The third kappa shape index (κ3) is 2.80. The van der Waals surface area contributed by atoms with Gasteiger partial charge in [0.25, 0.3) is 0 Å². The standard InChI is InChI=1S/C18H10ClFN2O2/c19-11-4-5-13-15(9-22-16(13)7-11)18(24)14(8-21)17(23)10-2-1-3-12(20)6-10/h1-7,9,14,22H/t14-/m0/s1. The van der Waals surface area contributed by atoms with E-state index in [1.165, 1.54) is 24.4 Å². The van der Waals surface area contributed by atoms with E-state index in [0.717, 1.165) is 6.07 Å². The summed E-state index contributed by atoms with van der Waals surface area (Å²) >= 11 is 5.90. The van der Waals surface area contributed by atoms with Crippen molar-refractivity contribution in [1.29, 1.82) is 5.26 Å². The molecule has 6 heteroatoms. The number of rotatable bonds is 4. The lowest BCUT2D eigenvalue weighted by atomic mass is 9.91. The van der Waals surface area contributed by atoms with Crippen LogP contribution in [-0.4, -0.2) is 16.6 Å². The number of H-pyrrole nitrogens is 1. The minimum absolute atomic E-state index is 0.0159. The van der Waals surface area contributed by atoms with E-state index in [4.69, 9.17) is 11.6 Å². The van der Waals surface area contributed by atoms with E-state index in [-0.39, 0.29) is 11.1 Å². The summed E-state index contributed by atoms with van der Waals surface area (Å²) < 4.78 is 13.3.